The minimum absolute atomic E-state index is 0.0914. The fraction of sp³-hybridized carbons (Fsp3) is 0.722. The number of guanidine groups is 1. The smallest absolute Gasteiger partial charge is 0.246 e. The Morgan fingerprint density at radius 2 is 2.08 bits per heavy atom. The van der Waals surface area contributed by atoms with Gasteiger partial charge in [-0.2, -0.15) is 5.10 Å². The molecule has 7 nitrogen and oxygen atoms in total. The Bertz CT molecular complexity index is 617. The van der Waals surface area contributed by atoms with E-state index in [4.69, 9.17) is 0 Å². The second-order valence-corrected chi connectivity index (χ2v) is 7.39. The summed E-state index contributed by atoms with van der Waals surface area (Å²) < 4.78 is 1.72. The highest BCUT2D eigenvalue weighted by molar-refractivity contribution is 5.98. The number of amides is 1. The molecule has 0 bridgehead atoms. The van der Waals surface area contributed by atoms with Crippen LogP contribution in [-0.2, 0) is 11.8 Å². The number of aromatic nitrogens is 2. The van der Waals surface area contributed by atoms with Gasteiger partial charge in [0.05, 0.1) is 11.9 Å². The lowest BCUT2D eigenvalue weighted by Gasteiger charge is -2.36. The molecule has 2 fully saturated rings. The SMILES string of the molecule is CN=C(NCC1CCC(C)CC1)N1CCN(c2cnn(C)c2)C(=O)C1. The van der Waals surface area contributed by atoms with Gasteiger partial charge in [0, 0.05) is 39.9 Å². The van der Waals surface area contributed by atoms with Crippen molar-refractivity contribution in [1.29, 1.82) is 0 Å². The van der Waals surface area contributed by atoms with E-state index >= 15 is 0 Å². The topological polar surface area (TPSA) is 65.8 Å². The monoisotopic (exact) mass is 346 g/mol. The molecule has 1 aromatic rings. The third kappa shape index (κ3) is 4.32. The highest BCUT2D eigenvalue weighted by Gasteiger charge is 2.28. The largest absolute Gasteiger partial charge is 0.356 e. The number of hydrogen-bond donors (Lipinski definition) is 1. The Labute approximate surface area is 150 Å². The van der Waals surface area contributed by atoms with Crippen LogP contribution in [0.15, 0.2) is 17.4 Å². The van der Waals surface area contributed by atoms with Crippen LogP contribution >= 0.6 is 0 Å². The molecule has 138 valence electrons. The van der Waals surface area contributed by atoms with Crippen molar-refractivity contribution < 1.29 is 4.79 Å². The normalized spacial score (nSPS) is 25.4. The van der Waals surface area contributed by atoms with Gasteiger partial charge in [0.25, 0.3) is 0 Å². The van der Waals surface area contributed by atoms with Crippen molar-refractivity contribution in [2.45, 2.75) is 32.6 Å². The number of hydrogen-bond acceptors (Lipinski definition) is 3. The van der Waals surface area contributed by atoms with Gasteiger partial charge in [0.2, 0.25) is 5.91 Å². The molecule has 1 aliphatic heterocycles. The van der Waals surface area contributed by atoms with Crippen LogP contribution in [0.25, 0.3) is 0 Å². The van der Waals surface area contributed by atoms with E-state index in [0.29, 0.717) is 13.1 Å². The number of rotatable bonds is 3. The number of aliphatic imine (C=N–C) groups is 1. The van der Waals surface area contributed by atoms with E-state index in [2.05, 4.69) is 27.2 Å². The first-order valence-corrected chi connectivity index (χ1v) is 9.31. The molecule has 7 heteroatoms. The van der Waals surface area contributed by atoms with Crippen LogP contribution in [0.3, 0.4) is 0 Å². The Balaban J connectivity index is 1.52. The minimum atomic E-state index is 0.0914. The maximum absolute atomic E-state index is 12.5. The van der Waals surface area contributed by atoms with Gasteiger partial charge in [-0.05, 0) is 24.7 Å². The van der Waals surface area contributed by atoms with Gasteiger partial charge >= 0.3 is 0 Å². The van der Waals surface area contributed by atoms with E-state index in [-0.39, 0.29) is 5.91 Å². The Morgan fingerprint density at radius 1 is 1.32 bits per heavy atom. The zero-order chi connectivity index (χ0) is 17.8. The summed E-state index contributed by atoms with van der Waals surface area (Å²) in [6.07, 6.45) is 8.85. The molecule has 1 saturated heterocycles. The lowest BCUT2D eigenvalue weighted by molar-refractivity contribution is -0.120. The molecule has 0 unspecified atom stereocenters. The van der Waals surface area contributed by atoms with E-state index in [9.17, 15) is 4.79 Å². The van der Waals surface area contributed by atoms with Crippen LogP contribution in [0.4, 0.5) is 5.69 Å². The van der Waals surface area contributed by atoms with E-state index in [1.807, 2.05) is 13.2 Å². The number of carbonyl (C=O) groups excluding carboxylic acids is 1. The van der Waals surface area contributed by atoms with Gasteiger partial charge in [-0.1, -0.05) is 19.8 Å². The summed E-state index contributed by atoms with van der Waals surface area (Å²) in [6.45, 7) is 5.09. The number of anilines is 1. The van der Waals surface area contributed by atoms with Crippen molar-refractivity contribution in [3.63, 3.8) is 0 Å². The summed E-state index contributed by atoms with van der Waals surface area (Å²) in [4.78, 5) is 20.8. The maximum atomic E-state index is 12.5. The summed E-state index contributed by atoms with van der Waals surface area (Å²) in [5.74, 6) is 2.53. The van der Waals surface area contributed by atoms with Crippen molar-refractivity contribution in [2.24, 2.45) is 23.9 Å². The van der Waals surface area contributed by atoms with Crippen molar-refractivity contribution >= 4 is 17.6 Å². The number of nitrogens with zero attached hydrogens (tertiary/aromatic N) is 5. The van der Waals surface area contributed by atoms with Gasteiger partial charge in [0.15, 0.2) is 5.96 Å². The summed E-state index contributed by atoms with van der Waals surface area (Å²) >= 11 is 0. The fourth-order valence-corrected chi connectivity index (χ4v) is 3.78. The molecule has 1 N–H and O–H groups in total. The third-order valence-corrected chi connectivity index (χ3v) is 5.42. The molecule has 1 amide bonds. The molecule has 2 aliphatic rings. The first-order chi connectivity index (χ1) is 12.1. The molecule has 0 radical (unpaired) electrons. The van der Waals surface area contributed by atoms with Crippen LogP contribution in [0, 0.1) is 11.8 Å². The summed E-state index contributed by atoms with van der Waals surface area (Å²) in [6, 6.07) is 0. The zero-order valence-corrected chi connectivity index (χ0v) is 15.6. The van der Waals surface area contributed by atoms with Crippen molar-refractivity contribution in [3.05, 3.63) is 12.4 Å². The first-order valence-electron chi connectivity index (χ1n) is 9.31. The van der Waals surface area contributed by atoms with Gasteiger partial charge in [-0.3, -0.25) is 14.5 Å². The molecule has 3 rings (SSSR count). The van der Waals surface area contributed by atoms with Crippen molar-refractivity contribution in [2.75, 3.05) is 38.1 Å². The van der Waals surface area contributed by atoms with E-state index in [1.165, 1.54) is 25.7 Å². The van der Waals surface area contributed by atoms with Gasteiger partial charge in [-0.15, -0.1) is 0 Å². The fourth-order valence-electron chi connectivity index (χ4n) is 3.78. The van der Waals surface area contributed by atoms with Gasteiger partial charge in [-0.25, -0.2) is 0 Å². The highest BCUT2D eigenvalue weighted by atomic mass is 16.2. The highest BCUT2D eigenvalue weighted by Crippen LogP contribution is 2.27. The second kappa shape index (κ2) is 7.89. The first kappa shape index (κ1) is 17.8. The Kier molecular flexibility index (Phi) is 5.60. The van der Waals surface area contributed by atoms with E-state index in [0.717, 1.165) is 36.6 Å². The average molecular weight is 346 g/mol. The van der Waals surface area contributed by atoms with Crippen molar-refractivity contribution in [1.82, 2.24) is 20.0 Å². The summed E-state index contributed by atoms with van der Waals surface area (Å²) in [5, 5.41) is 7.65. The van der Waals surface area contributed by atoms with E-state index < -0.39 is 0 Å². The minimum Gasteiger partial charge on any atom is -0.356 e. The lowest BCUT2D eigenvalue weighted by atomic mass is 9.83. The Morgan fingerprint density at radius 3 is 2.68 bits per heavy atom. The molecule has 25 heavy (non-hydrogen) atoms. The predicted molar refractivity (Wildman–Crippen MR) is 99.6 cm³/mol. The number of nitrogens with one attached hydrogen (secondary N) is 1. The molecule has 0 spiro atoms. The number of piperazine rings is 1. The molecule has 1 saturated carbocycles. The number of aryl methyl sites for hydroxylation is 1. The number of carbonyl (C=O) groups is 1. The van der Waals surface area contributed by atoms with Crippen LogP contribution < -0.4 is 10.2 Å². The van der Waals surface area contributed by atoms with Crippen LogP contribution in [0.5, 0.6) is 0 Å². The summed E-state index contributed by atoms with van der Waals surface area (Å²) in [7, 11) is 3.66. The van der Waals surface area contributed by atoms with Crippen molar-refractivity contribution in [3.8, 4) is 0 Å². The molecule has 0 atom stereocenters. The molecular weight excluding hydrogens is 316 g/mol. The van der Waals surface area contributed by atoms with Gasteiger partial charge < -0.3 is 15.1 Å². The quantitative estimate of drug-likeness (QED) is 0.665. The molecule has 0 aromatic carbocycles. The predicted octanol–water partition coefficient (Wildman–Crippen LogP) is 1.47. The lowest BCUT2D eigenvalue weighted by Crippen LogP contribution is -2.55. The Hall–Kier alpha value is -2.05. The third-order valence-electron chi connectivity index (χ3n) is 5.42. The maximum Gasteiger partial charge on any atom is 0.246 e. The standard InChI is InChI=1S/C18H30N6O/c1-14-4-6-15(7-5-14)10-20-18(19-2)23-8-9-24(17(25)13-23)16-11-21-22(3)12-16/h11-12,14-15H,4-10,13H2,1-3H3,(H,19,20). The molecule has 1 aliphatic carbocycles. The molecular formula is C18H30N6O. The zero-order valence-electron chi connectivity index (χ0n) is 15.6. The molecule has 2 heterocycles. The molecule has 1 aromatic heterocycles. The average Bonchev–Trinajstić information content (AvgIpc) is 3.03. The van der Waals surface area contributed by atoms with Crippen LogP contribution in [0.1, 0.15) is 32.6 Å². The second-order valence-electron chi connectivity index (χ2n) is 7.39. The van der Waals surface area contributed by atoms with Gasteiger partial charge in [0.1, 0.15) is 6.54 Å². The van der Waals surface area contributed by atoms with Crippen LogP contribution in [-0.4, -0.2) is 59.8 Å². The van der Waals surface area contributed by atoms with E-state index in [1.54, 1.807) is 22.8 Å². The summed E-state index contributed by atoms with van der Waals surface area (Å²) in [5.41, 5.74) is 0.867. The van der Waals surface area contributed by atoms with Crippen LogP contribution in [0.2, 0.25) is 0 Å².